The molecule has 2 unspecified atom stereocenters. The first kappa shape index (κ1) is 13.3. The molecule has 18 heavy (non-hydrogen) atoms. The van der Waals surface area contributed by atoms with Crippen molar-refractivity contribution in [2.24, 2.45) is 11.7 Å². The van der Waals surface area contributed by atoms with E-state index in [1.165, 1.54) is 19.3 Å². The van der Waals surface area contributed by atoms with E-state index in [-0.39, 0.29) is 0 Å². The predicted octanol–water partition coefficient (Wildman–Crippen LogP) is 2.36. The Bertz CT molecular complexity index is 367. The van der Waals surface area contributed by atoms with Crippen molar-refractivity contribution in [3.05, 3.63) is 18.1 Å². The smallest absolute Gasteiger partial charge is 0.129 e. The summed E-state index contributed by atoms with van der Waals surface area (Å²) >= 11 is 0. The molecule has 4 heteroatoms. The highest BCUT2D eigenvalue weighted by atomic mass is 15.0. The van der Waals surface area contributed by atoms with E-state index in [9.17, 15) is 0 Å². The zero-order chi connectivity index (χ0) is 12.8. The summed E-state index contributed by atoms with van der Waals surface area (Å²) in [5.41, 5.74) is 7.13. The van der Waals surface area contributed by atoms with Gasteiger partial charge < -0.3 is 11.1 Å². The van der Waals surface area contributed by atoms with Crippen molar-refractivity contribution in [1.29, 1.82) is 0 Å². The maximum atomic E-state index is 6.00. The van der Waals surface area contributed by atoms with Crippen molar-refractivity contribution in [3.8, 4) is 0 Å². The number of anilines is 1. The van der Waals surface area contributed by atoms with Gasteiger partial charge in [-0.3, -0.25) is 0 Å². The van der Waals surface area contributed by atoms with Crippen LogP contribution in [0.15, 0.2) is 12.4 Å². The van der Waals surface area contributed by atoms with Crippen LogP contribution in [0.5, 0.6) is 0 Å². The normalized spacial score (nSPS) is 23.9. The minimum absolute atomic E-state index is 0.395. The van der Waals surface area contributed by atoms with Crippen LogP contribution in [0.3, 0.4) is 0 Å². The summed E-state index contributed by atoms with van der Waals surface area (Å²) in [6, 6.07) is 2.46. The van der Waals surface area contributed by atoms with Crippen molar-refractivity contribution >= 4 is 5.82 Å². The lowest BCUT2D eigenvalue weighted by molar-refractivity contribution is 0.335. The zero-order valence-electron chi connectivity index (χ0n) is 11.2. The Morgan fingerprint density at radius 2 is 2.28 bits per heavy atom. The summed E-state index contributed by atoms with van der Waals surface area (Å²) < 4.78 is 0. The summed E-state index contributed by atoms with van der Waals surface area (Å²) in [5.74, 6) is 1.64. The van der Waals surface area contributed by atoms with Gasteiger partial charge >= 0.3 is 0 Å². The van der Waals surface area contributed by atoms with Gasteiger partial charge in [-0.1, -0.05) is 19.8 Å². The van der Waals surface area contributed by atoms with Gasteiger partial charge in [0.05, 0.1) is 0 Å². The van der Waals surface area contributed by atoms with E-state index >= 15 is 0 Å². The molecule has 0 saturated heterocycles. The third-order valence-electron chi connectivity index (χ3n) is 3.63. The molecular weight excluding hydrogens is 224 g/mol. The second-order valence-electron chi connectivity index (χ2n) is 5.32. The van der Waals surface area contributed by atoms with Crippen LogP contribution in [0, 0.1) is 5.92 Å². The lowest BCUT2D eigenvalue weighted by atomic mass is 9.86. The van der Waals surface area contributed by atoms with E-state index in [2.05, 4.69) is 28.3 Å². The maximum Gasteiger partial charge on any atom is 0.129 e. The molecule has 0 radical (unpaired) electrons. The molecule has 4 nitrogen and oxygen atoms in total. The van der Waals surface area contributed by atoms with Crippen LogP contribution in [0.1, 0.15) is 44.7 Å². The Labute approximate surface area is 109 Å². The molecule has 1 aliphatic carbocycles. The Balaban J connectivity index is 1.83. The number of aryl methyl sites for hydroxylation is 1. The fourth-order valence-corrected chi connectivity index (χ4v) is 2.65. The number of nitrogens with zero attached hydrogens (tertiary/aromatic N) is 2. The molecule has 100 valence electrons. The summed E-state index contributed by atoms with van der Waals surface area (Å²) in [6.07, 6.45) is 8.66. The molecule has 2 rings (SSSR count). The summed E-state index contributed by atoms with van der Waals surface area (Å²) in [4.78, 5) is 8.54. The molecule has 1 heterocycles. The Morgan fingerprint density at radius 3 is 3.06 bits per heavy atom. The first-order valence-corrected chi connectivity index (χ1v) is 7.08. The third-order valence-corrected chi connectivity index (χ3v) is 3.63. The van der Waals surface area contributed by atoms with Gasteiger partial charge in [0.15, 0.2) is 0 Å². The molecular formula is C14H24N4. The molecule has 1 saturated carbocycles. The number of nitrogens with two attached hydrogens (primary N) is 1. The Hall–Kier alpha value is -1.16. The molecule has 1 aromatic heterocycles. The van der Waals surface area contributed by atoms with Crippen LogP contribution in [0.4, 0.5) is 5.82 Å². The fraction of sp³-hybridized carbons (Fsp3) is 0.714. The lowest BCUT2D eigenvalue weighted by Crippen LogP contribution is -2.31. The highest BCUT2D eigenvalue weighted by Gasteiger charge is 2.18. The average Bonchev–Trinajstić information content (AvgIpc) is 2.37. The SMILES string of the molecule is CCCc1cc(NCC2CCCC(N)C2)ncn1. The van der Waals surface area contributed by atoms with E-state index in [1.807, 2.05) is 0 Å². The van der Waals surface area contributed by atoms with Gasteiger partial charge in [0.25, 0.3) is 0 Å². The summed E-state index contributed by atoms with van der Waals surface area (Å²) in [5, 5.41) is 3.43. The molecule has 1 aromatic rings. The van der Waals surface area contributed by atoms with E-state index in [1.54, 1.807) is 6.33 Å². The first-order valence-electron chi connectivity index (χ1n) is 7.08. The molecule has 0 aliphatic heterocycles. The van der Waals surface area contributed by atoms with Gasteiger partial charge in [0.1, 0.15) is 12.1 Å². The molecule has 3 N–H and O–H groups in total. The van der Waals surface area contributed by atoms with Crippen molar-refractivity contribution in [1.82, 2.24) is 9.97 Å². The van der Waals surface area contributed by atoms with Crippen LogP contribution >= 0.6 is 0 Å². The summed E-state index contributed by atoms with van der Waals surface area (Å²) in [6.45, 7) is 3.15. The second-order valence-corrected chi connectivity index (χ2v) is 5.32. The first-order chi connectivity index (χ1) is 8.78. The van der Waals surface area contributed by atoms with E-state index in [4.69, 9.17) is 5.73 Å². The van der Waals surface area contributed by atoms with Crippen molar-refractivity contribution < 1.29 is 0 Å². The second kappa shape index (κ2) is 6.69. The molecule has 0 bridgehead atoms. The minimum Gasteiger partial charge on any atom is -0.370 e. The van der Waals surface area contributed by atoms with Gasteiger partial charge in [-0.2, -0.15) is 0 Å². The van der Waals surface area contributed by atoms with Gasteiger partial charge in [-0.25, -0.2) is 9.97 Å². The summed E-state index contributed by atoms with van der Waals surface area (Å²) in [7, 11) is 0. The number of hydrogen-bond donors (Lipinski definition) is 2. The fourth-order valence-electron chi connectivity index (χ4n) is 2.65. The molecule has 0 spiro atoms. The van der Waals surface area contributed by atoms with Gasteiger partial charge in [-0.05, 0) is 31.6 Å². The minimum atomic E-state index is 0.395. The standard InChI is InChI=1S/C14H24N4/c1-2-4-13-8-14(18-10-17-13)16-9-11-5-3-6-12(15)7-11/h8,10-12H,2-7,9,15H2,1H3,(H,16,17,18). The van der Waals surface area contributed by atoms with Gasteiger partial charge in [0.2, 0.25) is 0 Å². The highest BCUT2D eigenvalue weighted by Crippen LogP contribution is 2.23. The van der Waals surface area contributed by atoms with Crippen molar-refractivity contribution in [2.45, 2.75) is 51.5 Å². The molecule has 0 aromatic carbocycles. The van der Waals surface area contributed by atoms with E-state index in [0.29, 0.717) is 12.0 Å². The Morgan fingerprint density at radius 1 is 1.39 bits per heavy atom. The van der Waals surface area contributed by atoms with Crippen LogP contribution < -0.4 is 11.1 Å². The van der Waals surface area contributed by atoms with Crippen LogP contribution in [-0.4, -0.2) is 22.6 Å². The number of rotatable bonds is 5. The number of hydrogen-bond acceptors (Lipinski definition) is 4. The molecule has 1 aliphatic rings. The highest BCUT2D eigenvalue weighted by molar-refractivity contribution is 5.34. The van der Waals surface area contributed by atoms with Crippen LogP contribution in [0.2, 0.25) is 0 Å². The van der Waals surface area contributed by atoms with Crippen LogP contribution in [0.25, 0.3) is 0 Å². The topological polar surface area (TPSA) is 63.8 Å². The lowest BCUT2D eigenvalue weighted by Gasteiger charge is -2.26. The van der Waals surface area contributed by atoms with Crippen molar-refractivity contribution in [2.75, 3.05) is 11.9 Å². The Kier molecular flexibility index (Phi) is 4.93. The van der Waals surface area contributed by atoms with Crippen molar-refractivity contribution in [3.63, 3.8) is 0 Å². The average molecular weight is 248 g/mol. The maximum absolute atomic E-state index is 6.00. The largest absolute Gasteiger partial charge is 0.370 e. The third kappa shape index (κ3) is 3.95. The van der Waals surface area contributed by atoms with E-state index in [0.717, 1.165) is 37.3 Å². The molecule has 0 amide bonds. The number of nitrogens with one attached hydrogen (secondary N) is 1. The quantitative estimate of drug-likeness (QED) is 0.839. The van der Waals surface area contributed by atoms with Crippen LogP contribution in [-0.2, 0) is 6.42 Å². The zero-order valence-corrected chi connectivity index (χ0v) is 11.2. The number of aromatic nitrogens is 2. The molecule has 1 fully saturated rings. The van der Waals surface area contributed by atoms with Gasteiger partial charge in [-0.15, -0.1) is 0 Å². The van der Waals surface area contributed by atoms with E-state index < -0.39 is 0 Å². The monoisotopic (exact) mass is 248 g/mol. The predicted molar refractivity (Wildman–Crippen MR) is 74.5 cm³/mol. The van der Waals surface area contributed by atoms with Gasteiger partial charge in [0, 0.05) is 24.3 Å². The molecule has 2 atom stereocenters.